The highest BCUT2D eigenvalue weighted by molar-refractivity contribution is 5.86. The molecule has 2 aromatic heterocycles. The van der Waals surface area contributed by atoms with Gasteiger partial charge in [0.25, 0.3) is 10.9 Å². The predicted octanol–water partition coefficient (Wildman–Crippen LogP) is 6.94. The van der Waals surface area contributed by atoms with E-state index in [9.17, 15) is 9.59 Å². The molecule has 0 amide bonds. The Balaban J connectivity index is 1.14. The van der Waals surface area contributed by atoms with Crippen LogP contribution in [0.2, 0.25) is 0 Å². The molecule has 0 aliphatic carbocycles. The third kappa shape index (κ3) is 5.93. The zero-order valence-electron chi connectivity index (χ0n) is 31.9. The van der Waals surface area contributed by atoms with Crippen molar-refractivity contribution in [3.05, 3.63) is 92.5 Å². The van der Waals surface area contributed by atoms with Gasteiger partial charge in [-0.15, -0.1) is 0 Å². The second kappa shape index (κ2) is 14.3. The molecule has 0 spiro atoms. The second-order valence-electron chi connectivity index (χ2n) is 16.2. The van der Waals surface area contributed by atoms with Gasteiger partial charge in [0.2, 0.25) is 0 Å². The number of ether oxygens (including phenoxy) is 2. The topological polar surface area (TPSA) is 109 Å². The van der Waals surface area contributed by atoms with Gasteiger partial charge in [0.05, 0.1) is 37.3 Å². The molecule has 6 saturated heterocycles. The standard InChI is InChI=1S/C44H52N6O4/c1-5-25-23-49-17-13-27(25)19-37(49)39(31-11-15-45-35-9-7-29(53-3)21-33(31)35)47-41-42(44(52)43(41)51)48-40(38-20-28-14-18-50(38)24-26(28)6-2)32-12-16-46-36-10-8-30(54-4)22-34(32)36/h7-12,15-16,21-22,25-28,37-40,47-48H,5-6,13-14,17-20,23-24H2,1-4H3/t25?,26?,27?,28?,37-,38-,39-,40-/m0/s1. The van der Waals surface area contributed by atoms with Crippen molar-refractivity contribution in [2.75, 3.05) is 51.0 Å². The Morgan fingerprint density at radius 2 is 1.13 bits per heavy atom. The van der Waals surface area contributed by atoms with Gasteiger partial charge in [-0.2, -0.15) is 0 Å². The van der Waals surface area contributed by atoms with Gasteiger partial charge in [-0.05, 0) is 122 Å². The molecule has 4 bridgehead atoms. The zero-order chi connectivity index (χ0) is 37.1. The van der Waals surface area contributed by atoms with E-state index >= 15 is 0 Å². The molecular formula is C44H52N6O4. The van der Waals surface area contributed by atoms with E-state index in [2.05, 4.69) is 46.4 Å². The Hall–Kier alpha value is -4.54. The summed E-state index contributed by atoms with van der Waals surface area (Å²) in [5.41, 5.74) is 3.72. The first-order valence-electron chi connectivity index (χ1n) is 20.1. The predicted molar refractivity (Wildman–Crippen MR) is 214 cm³/mol. The third-order valence-electron chi connectivity index (χ3n) is 13.8. The quantitative estimate of drug-likeness (QED) is 0.131. The van der Waals surface area contributed by atoms with Gasteiger partial charge in [-0.3, -0.25) is 29.4 Å². The lowest BCUT2D eigenvalue weighted by atomic mass is 9.72. The molecular weight excluding hydrogens is 677 g/mol. The summed E-state index contributed by atoms with van der Waals surface area (Å²) >= 11 is 0. The number of hydrogen-bond acceptors (Lipinski definition) is 10. The van der Waals surface area contributed by atoms with Crippen LogP contribution in [0.3, 0.4) is 0 Å². The fourth-order valence-corrected chi connectivity index (χ4v) is 10.8. The summed E-state index contributed by atoms with van der Waals surface area (Å²) in [5.74, 6) is 4.13. The number of pyridine rings is 2. The molecule has 54 heavy (non-hydrogen) atoms. The van der Waals surface area contributed by atoms with Crippen LogP contribution in [0.15, 0.2) is 70.5 Å². The molecule has 6 aliphatic heterocycles. The Bertz CT molecular complexity index is 2090. The van der Waals surface area contributed by atoms with E-state index in [4.69, 9.17) is 19.4 Å². The third-order valence-corrected chi connectivity index (χ3v) is 13.8. The van der Waals surface area contributed by atoms with Crippen LogP contribution >= 0.6 is 0 Å². The lowest BCUT2D eigenvalue weighted by molar-refractivity contribution is -0.00812. The number of aromatic nitrogens is 2. The Morgan fingerprint density at radius 1 is 0.685 bits per heavy atom. The van der Waals surface area contributed by atoms with Crippen molar-refractivity contribution in [3.63, 3.8) is 0 Å². The molecule has 10 atom stereocenters. The zero-order valence-corrected chi connectivity index (χ0v) is 31.9. The monoisotopic (exact) mass is 728 g/mol. The maximum Gasteiger partial charge on any atom is 0.253 e. The average molecular weight is 729 g/mol. The summed E-state index contributed by atoms with van der Waals surface area (Å²) in [6.07, 6.45) is 10.5. The first-order chi connectivity index (χ1) is 26.4. The molecule has 11 rings (SSSR count). The van der Waals surface area contributed by atoms with Crippen LogP contribution in [0.4, 0.5) is 11.4 Å². The van der Waals surface area contributed by atoms with Gasteiger partial charge < -0.3 is 20.1 Å². The highest BCUT2D eigenvalue weighted by Gasteiger charge is 2.46. The molecule has 0 saturated carbocycles. The second-order valence-corrected chi connectivity index (χ2v) is 16.2. The van der Waals surface area contributed by atoms with Crippen molar-refractivity contribution in [3.8, 4) is 11.5 Å². The van der Waals surface area contributed by atoms with Crippen molar-refractivity contribution in [1.82, 2.24) is 19.8 Å². The Morgan fingerprint density at radius 3 is 1.50 bits per heavy atom. The van der Waals surface area contributed by atoms with Crippen LogP contribution in [-0.4, -0.2) is 72.3 Å². The normalized spacial score (nSPS) is 28.7. The van der Waals surface area contributed by atoms with Crippen molar-refractivity contribution < 1.29 is 9.47 Å². The fourth-order valence-electron chi connectivity index (χ4n) is 10.8. The van der Waals surface area contributed by atoms with Crippen molar-refractivity contribution in [2.24, 2.45) is 23.7 Å². The summed E-state index contributed by atoms with van der Waals surface area (Å²) in [6.45, 7) is 8.77. The van der Waals surface area contributed by atoms with E-state index in [0.717, 1.165) is 83.5 Å². The van der Waals surface area contributed by atoms with Crippen LogP contribution < -0.4 is 31.0 Å². The summed E-state index contributed by atoms with van der Waals surface area (Å²) in [5, 5.41) is 9.53. The van der Waals surface area contributed by atoms with Gasteiger partial charge in [0.1, 0.15) is 22.9 Å². The van der Waals surface area contributed by atoms with Gasteiger partial charge in [-0.1, -0.05) is 26.7 Å². The van der Waals surface area contributed by atoms with Crippen LogP contribution in [0, 0.1) is 23.7 Å². The molecule has 282 valence electrons. The summed E-state index contributed by atoms with van der Waals surface area (Å²) in [7, 11) is 3.36. The van der Waals surface area contributed by atoms with E-state index in [-0.39, 0.29) is 24.2 Å². The largest absolute Gasteiger partial charge is 0.497 e. The lowest BCUT2D eigenvalue weighted by Crippen LogP contribution is -2.57. The highest BCUT2D eigenvalue weighted by Crippen LogP contribution is 2.47. The molecule has 6 aliphatic rings. The summed E-state index contributed by atoms with van der Waals surface area (Å²) in [6, 6.07) is 15.9. The number of hydrogen-bond donors (Lipinski definition) is 2. The summed E-state index contributed by atoms with van der Waals surface area (Å²) < 4.78 is 11.3. The van der Waals surface area contributed by atoms with Crippen LogP contribution in [0.1, 0.15) is 75.6 Å². The number of nitrogens with one attached hydrogen (secondary N) is 2. The number of fused-ring (bicyclic) bond motifs is 8. The number of methoxy groups -OCH3 is 2. The average Bonchev–Trinajstić information content (AvgIpc) is 3.24. The lowest BCUT2D eigenvalue weighted by Gasteiger charge is -2.53. The first-order valence-corrected chi connectivity index (χ1v) is 20.1. The Labute approximate surface area is 317 Å². The van der Waals surface area contributed by atoms with E-state index in [1.54, 1.807) is 14.2 Å². The van der Waals surface area contributed by atoms with Gasteiger partial charge in [0, 0.05) is 48.3 Å². The molecule has 2 N–H and O–H groups in total. The fraction of sp³-hybridized carbons (Fsp3) is 0.500. The number of benzene rings is 2. The van der Waals surface area contributed by atoms with Gasteiger partial charge in [0.15, 0.2) is 0 Å². The number of rotatable bonds is 12. The van der Waals surface area contributed by atoms with E-state index in [0.29, 0.717) is 35.0 Å². The number of nitrogens with zero attached hydrogens (tertiary/aromatic N) is 4. The minimum atomic E-state index is -0.461. The molecule has 3 aromatic carbocycles. The van der Waals surface area contributed by atoms with E-state index in [1.165, 1.54) is 25.7 Å². The maximum atomic E-state index is 13.9. The minimum Gasteiger partial charge on any atom is -0.497 e. The van der Waals surface area contributed by atoms with Crippen LogP contribution in [0.25, 0.3) is 21.8 Å². The highest BCUT2D eigenvalue weighted by atomic mass is 16.5. The molecule has 0 radical (unpaired) electrons. The van der Waals surface area contributed by atoms with Gasteiger partial charge >= 0.3 is 0 Å². The minimum absolute atomic E-state index is 0.152. The number of piperidine rings is 6. The van der Waals surface area contributed by atoms with Crippen molar-refractivity contribution in [1.29, 1.82) is 0 Å². The smallest absolute Gasteiger partial charge is 0.253 e. The molecule has 5 aromatic rings. The SMILES string of the molecule is CCC1CN2CCC1C[C@H]2[C@@H](Nc1c(N[C@@H](c2ccnc3ccc(OC)cc23)[C@@H]2CC3CCN2CC3CC)c(=O)c1=O)c1ccnc2ccc(OC)cc12. The van der Waals surface area contributed by atoms with Crippen LogP contribution in [0.5, 0.6) is 11.5 Å². The first kappa shape index (κ1) is 35.2. The number of anilines is 2. The maximum absolute atomic E-state index is 13.9. The van der Waals surface area contributed by atoms with Crippen molar-refractivity contribution >= 4 is 33.2 Å². The van der Waals surface area contributed by atoms with Crippen molar-refractivity contribution in [2.45, 2.75) is 76.5 Å². The van der Waals surface area contributed by atoms with E-state index < -0.39 is 10.9 Å². The molecule has 10 nitrogen and oxygen atoms in total. The summed E-state index contributed by atoms with van der Waals surface area (Å²) in [4.78, 5) is 42.3. The molecule has 8 heterocycles. The van der Waals surface area contributed by atoms with Gasteiger partial charge in [-0.25, -0.2) is 0 Å². The molecule has 6 unspecified atom stereocenters. The van der Waals surface area contributed by atoms with E-state index in [1.807, 2.05) is 48.8 Å². The Kier molecular flexibility index (Phi) is 9.30. The van der Waals surface area contributed by atoms with Crippen LogP contribution in [-0.2, 0) is 0 Å². The molecule has 10 heteroatoms. The molecule has 6 fully saturated rings.